The molecule has 28 heavy (non-hydrogen) atoms. The fourth-order valence-electron chi connectivity index (χ4n) is 2.48. The number of anilines is 2. The Balaban J connectivity index is 1.42. The van der Waals surface area contributed by atoms with Crippen LogP contribution in [0.2, 0.25) is 0 Å². The highest BCUT2D eigenvalue weighted by atomic mass is 32.2. The maximum atomic E-state index is 5.63. The van der Waals surface area contributed by atoms with Crippen LogP contribution in [-0.2, 0) is 5.75 Å². The molecule has 0 saturated heterocycles. The fraction of sp³-hybridized carbons (Fsp3) is 0.167. The number of thioether (sulfide) groups is 1. The Kier molecular flexibility index (Phi) is 5.78. The number of ether oxygens (including phenoxy) is 1. The van der Waals surface area contributed by atoms with Crippen molar-refractivity contribution in [1.29, 1.82) is 0 Å². The summed E-state index contributed by atoms with van der Waals surface area (Å²) in [5, 5.41) is 24.4. The second-order valence-corrected chi connectivity index (χ2v) is 7.76. The number of hydrogen-bond acceptors (Lipinski definition) is 9. The van der Waals surface area contributed by atoms with Gasteiger partial charge in [0, 0.05) is 0 Å². The van der Waals surface area contributed by atoms with Crippen LogP contribution in [0.3, 0.4) is 0 Å². The third-order valence-corrected chi connectivity index (χ3v) is 5.66. The molecular weight excluding hydrogens is 394 g/mol. The average molecular weight is 412 g/mol. The largest absolute Gasteiger partial charge is 0.492 e. The molecule has 2 aromatic carbocycles. The van der Waals surface area contributed by atoms with Crippen LogP contribution >= 0.6 is 23.1 Å². The number of nitrogens with one attached hydrogen (secondary N) is 1. The second kappa shape index (κ2) is 8.81. The van der Waals surface area contributed by atoms with E-state index in [1.54, 1.807) is 16.4 Å². The van der Waals surface area contributed by atoms with Crippen molar-refractivity contribution in [3.05, 3.63) is 60.4 Å². The Bertz CT molecular complexity index is 1040. The minimum Gasteiger partial charge on any atom is -0.492 e. The molecule has 0 aliphatic carbocycles. The number of para-hydroxylation sites is 3. The third-order valence-electron chi connectivity index (χ3n) is 3.69. The molecule has 0 spiro atoms. The van der Waals surface area contributed by atoms with E-state index in [-0.39, 0.29) is 0 Å². The summed E-state index contributed by atoms with van der Waals surface area (Å²) < 4.78 is 8.19. The first-order chi connectivity index (χ1) is 13.8. The maximum Gasteiger partial charge on any atom is 0.210 e. The van der Waals surface area contributed by atoms with Gasteiger partial charge in [-0.15, -0.1) is 15.3 Å². The molecule has 142 valence electrons. The minimum atomic E-state index is 0.589. The number of benzene rings is 2. The number of tetrazole rings is 1. The number of rotatable bonds is 8. The molecule has 4 aromatic rings. The third kappa shape index (κ3) is 4.29. The van der Waals surface area contributed by atoms with Crippen molar-refractivity contribution in [2.75, 3.05) is 11.9 Å². The molecule has 2 heterocycles. The summed E-state index contributed by atoms with van der Waals surface area (Å²) in [7, 11) is 0. The van der Waals surface area contributed by atoms with Crippen LogP contribution in [0.25, 0.3) is 5.69 Å². The first-order valence-electron chi connectivity index (χ1n) is 8.61. The van der Waals surface area contributed by atoms with Gasteiger partial charge in [0.05, 0.1) is 23.7 Å². The zero-order chi connectivity index (χ0) is 19.2. The van der Waals surface area contributed by atoms with Crippen LogP contribution in [0.4, 0.5) is 10.8 Å². The van der Waals surface area contributed by atoms with E-state index >= 15 is 0 Å². The molecule has 0 aliphatic rings. The lowest BCUT2D eigenvalue weighted by Crippen LogP contribution is -2.01. The van der Waals surface area contributed by atoms with Crippen molar-refractivity contribution in [3.63, 3.8) is 0 Å². The van der Waals surface area contributed by atoms with Crippen LogP contribution in [0, 0.1) is 0 Å². The predicted octanol–water partition coefficient (Wildman–Crippen LogP) is 3.95. The van der Waals surface area contributed by atoms with Crippen LogP contribution < -0.4 is 10.1 Å². The van der Waals surface area contributed by atoms with E-state index < -0.39 is 0 Å². The average Bonchev–Trinajstić information content (AvgIpc) is 3.38. The standard InChI is InChI=1S/C18H17N7OS2/c1-2-26-15-11-7-6-10-14(15)19-17-21-22-18(28-17)27-12-16-20-23-24-25(16)13-8-4-3-5-9-13/h3-11H,2,12H2,1H3,(H,19,21). The van der Waals surface area contributed by atoms with E-state index in [2.05, 4.69) is 31.0 Å². The Morgan fingerprint density at radius 3 is 2.71 bits per heavy atom. The van der Waals surface area contributed by atoms with Crippen molar-refractivity contribution in [1.82, 2.24) is 30.4 Å². The van der Waals surface area contributed by atoms with Gasteiger partial charge in [-0.25, -0.2) is 0 Å². The summed E-state index contributed by atoms with van der Waals surface area (Å²) in [5.74, 6) is 2.13. The molecule has 0 fully saturated rings. The quantitative estimate of drug-likeness (QED) is 0.436. The van der Waals surface area contributed by atoms with Gasteiger partial charge in [-0.05, 0) is 41.6 Å². The SMILES string of the molecule is CCOc1ccccc1Nc1nnc(SCc2nnnn2-c2ccccc2)s1. The van der Waals surface area contributed by atoms with Gasteiger partial charge >= 0.3 is 0 Å². The van der Waals surface area contributed by atoms with Crippen molar-refractivity contribution in [2.45, 2.75) is 17.0 Å². The van der Waals surface area contributed by atoms with E-state index in [9.17, 15) is 0 Å². The van der Waals surface area contributed by atoms with Gasteiger partial charge in [0.2, 0.25) is 5.13 Å². The van der Waals surface area contributed by atoms with Crippen molar-refractivity contribution in [3.8, 4) is 11.4 Å². The molecule has 0 unspecified atom stereocenters. The van der Waals surface area contributed by atoms with Crippen LogP contribution in [0.1, 0.15) is 12.7 Å². The number of aromatic nitrogens is 6. The van der Waals surface area contributed by atoms with E-state index in [4.69, 9.17) is 4.74 Å². The molecule has 2 aromatic heterocycles. The summed E-state index contributed by atoms with van der Waals surface area (Å²) in [5.41, 5.74) is 1.79. The molecule has 1 N–H and O–H groups in total. The van der Waals surface area contributed by atoms with Crippen molar-refractivity contribution in [2.24, 2.45) is 0 Å². The highest BCUT2D eigenvalue weighted by Crippen LogP contribution is 2.32. The van der Waals surface area contributed by atoms with Gasteiger partial charge in [-0.2, -0.15) is 4.68 Å². The van der Waals surface area contributed by atoms with Gasteiger partial charge in [0.25, 0.3) is 0 Å². The minimum absolute atomic E-state index is 0.589. The normalized spacial score (nSPS) is 10.8. The first kappa shape index (κ1) is 18.4. The Morgan fingerprint density at radius 1 is 1.04 bits per heavy atom. The lowest BCUT2D eigenvalue weighted by atomic mass is 10.3. The van der Waals surface area contributed by atoms with E-state index in [0.29, 0.717) is 17.5 Å². The number of nitrogens with zero attached hydrogens (tertiary/aromatic N) is 6. The Morgan fingerprint density at radius 2 is 1.86 bits per heavy atom. The summed E-state index contributed by atoms with van der Waals surface area (Å²) in [6.45, 7) is 2.56. The second-order valence-electron chi connectivity index (χ2n) is 5.56. The molecule has 0 radical (unpaired) electrons. The predicted molar refractivity (Wildman–Crippen MR) is 110 cm³/mol. The molecule has 10 heteroatoms. The lowest BCUT2D eigenvalue weighted by Gasteiger charge is -2.09. The van der Waals surface area contributed by atoms with Gasteiger partial charge < -0.3 is 10.1 Å². The maximum absolute atomic E-state index is 5.63. The lowest BCUT2D eigenvalue weighted by molar-refractivity contribution is 0.342. The highest BCUT2D eigenvalue weighted by Gasteiger charge is 2.12. The van der Waals surface area contributed by atoms with Gasteiger partial charge in [0.1, 0.15) is 5.75 Å². The molecule has 8 nitrogen and oxygen atoms in total. The summed E-state index contributed by atoms with van der Waals surface area (Å²) in [6.07, 6.45) is 0. The molecular formula is C18H17N7OS2. The van der Waals surface area contributed by atoms with E-state index in [1.165, 1.54) is 11.3 Å². The molecule has 0 bridgehead atoms. The molecule has 0 aliphatic heterocycles. The zero-order valence-electron chi connectivity index (χ0n) is 15.0. The Labute approximate surface area is 170 Å². The van der Waals surface area contributed by atoms with E-state index in [0.717, 1.165) is 27.3 Å². The van der Waals surface area contributed by atoms with Crippen LogP contribution in [-0.4, -0.2) is 37.0 Å². The molecule has 0 amide bonds. The first-order valence-corrected chi connectivity index (χ1v) is 10.4. The van der Waals surface area contributed by atoms with Crippen LogP contribution in [0.5, 0.6) is 5.75 Å². The molecule has 4 rings (SSSR count). The smallest absolute Gasteiger partial charge is 0.210 e. The van der Waals surface area contributed by atoms with Gasteiger partial charge in [0.15, 0.2) is 10.2 Å². The topological polar surface area (TPSA) is 90.6 Å². The summed E-state index contributed by atoms with van der Waals surface area (Å²) in [4.78, 5) is 0. The number of hydrogen-bond donors (Lipinski definition) is 1. The molecule has 0 saturated carbocycles. The fourth-order valence-corrected chi connectivity index (χ4v) is 4.15. The van der Waals surface area contributed by atoms with Crippen LogP contribution in [0.15, 0.2) is 58.9 Å². The zero-order valence-corrected chi connectivity index (χ0v) is 16.7. The van der Waals surface area contributed by atoms with Gasteiger partial charge in [-0.3, -0.25) is 0 Å². The van der Waals surface area contributed by atoms with Crippen molar-refractivity contribution < 1.29 is 4.74 Å². The van der Waals surface area contributed by atoms with E-state index in [1.807, 2.05) is 61.5 Å². The van der Waals surface area contributed by atoms with Gasteiger partial charge in [-0.1, -0.05) is 53.4 Å². The summed E-state index contributed by atoms with van der Waals surface area (Å²) in [6, 6.07) is 17.6. The highest BCUT2D eigenvalue weighted by molar-refractivity contribution is 8.00. The summed E-state index contributed by atoms with van der Waals surface area (Å²) >= 11 is 3.02. The monoisotopic (exact) mass is 411 g/mol. The van der Waals surface area contributed by atoms with Crippen molar-refractivity contribution >= 4 is 33.9 Å². The Hall–Kier alpha value is -2.98. The molecule has 0 atom stereocenters.